The molecular weight excluding hydrogens is 380 g/mol. The van der Waals surface area contributed by atoms with Crippen LogP contribution in [0.5, 0.6) is 0 Å². The number of carbonyl (C=O) groups excluding carboxylic acids is 2. The molecule has 23 heavy (non-hydrogen) atoms. The van der Waals surface area contributed by atoms with Gasteiger partial charge in [-0.2, -0.15) is 0 Å². The monoisotopic (exact) mass is 392 g/mol. The second kappa shape index (κ2) is 6.43. The average Bonchev–Trinajstić information content (AvgIpc) is 2.76. The highest BCUT2D eigenvalue weighted by Crippen LogP contribution is 2.34. The molecule has 0 aromatic heterocycles. The molecule has 0 bridgehead atoms. The number of hydrogen-bond donors (Lipinski definition) is 0. The molecule has 0 fully saturated rings. The lowest BCUT2D eigenvalue weighted by atomic mass is 10.1. The normalized spacial score (nSPS) is 13.8. The standard InChI is InChI=1S/C17H14BrClN2O2/c1-20(9-11-5-7-12(19)8-6-11)10-21-14-4-2-3-13(18)15(14)16(22)17(21)23/h2-8H,9-10H2,1H3. The summed E-state index contributed by atoms with van der Waals surface area (Å²) in [5, 5.41) is 0.690. The topological polar surface area (TPSA) is 40.6 Å². The molecule has 0 spiro atoms. The van der Waals surface area contributed by atoms with Crippen molar-refractivity contribution in [2.45, 2.75) is 6.54 Å². The van der Waals surface area contributed by atoms with Crippen LogP contribution in [0, 0.1) is 0 Å². The van der Waals surface area contributed by atoms with Gasteiger partial charge in [0.05, 0.1) is 17.9 Å². The molecule has 6 heteroatoms. The number of benzene rings is 2. The first-order chi connectivity index (χ1) is 11.0. The first kappa shape index (κ1) is 16.2. The van der Waals surface area contributed by atoms with Gasteiger partial charge >= 0.3 is 5.91 Å². The highest BCUT2D eigenvalue weighted by Gasteiger charge is 2.37. The summed E-state index contributed by atoms with van der Waals surface area (Å²) in [6.07, 6.45) is 0. The average molecular weight is 394 g/mol. The maximum absolute atomic E-state index is 12.3. The van der Waals surface area contributed by atoms with Crippen molar-refractivity contribution in [2.24, 2.45) is 0 Å². The largest absolute Gasteiger partial charge is 0.300 e. The molecule has 0 saturated carbocycles. The Hall–Kier alpha value is -1.69. The number of ketones is 1. The van der Waals surface area contributed by atoms with Gasteiger partial charge in [-0.1, -0.05) is 29.8 Å². The Bertz CT molecular complexity index is 777. The van der Waals surface area contributed by atoms with E-state index < -0.39 is 11.7 Å². The van der Waals surface area contributed by atoms with E-state index in [1.165, 1.54) is 4.90 Å². The number of nitrogens with zero attached hydrogens (tertiary/aromatic N) is 2. The van der Waals surface area contributed by atoms with Gasteiger partial charge in [-0.15, -0.1) is 0 Å². The first-order valence-electron chi connectivity index (χ1n) is 7.05. The first-order valence-corrected chi connectivity index (χ1v) is 8.22. The van der Waals surface area contributed by atoms with Crippen LogP contribution >= 0.6 is 27.5 Å². The molecule has 0 radical (unpaired) electrons. The van der Waals surface area contributed by atoms with Gasteiger partial charge in [0.1, 0.15) is 0 Å². The number of Topliss-reactive ketones (excluding diaryl/α,β-unsaturated/α-hetero) is 1. The Morgan fingerprint density at radius 2 is 1.83 bits per heavy atom. The van der Waals surface area contributed by atoms with E-state index in [-0.39, 0.29) is 0 Å². The van der Waals surface area contributed by atoms with E-state index in [0.717, 1.165) is 5.56 Å². The zero-order valence-electron chi connectivity index (χ0n) is 12.4. The molecule has 2 aromatic carbocycles. The van der Waals surface area contributed by atoms with Crippen molar-refractivity contribution >= 4 is 44.9 Å². The van der Waals surface area contributed by atoms with Crippen LogP contribution in [0.1, 0.15) is 15.9 Å². The second-order valence-electron chi connectivity index (χ2n) is 5.48. The predicted octanol–water partition coefficient (Wildman–Crippen LogP) is 3.72. The molecule has 1 heterocycles. The number of fused-ring (bicyclic) bond motifs is 1. The number of halogens is 2. The molecule has 3 rings (SSSR count). The fraction of sp³-hybridized carbons (Fsp3) is 0.176. The van der Waals surface area contributed by atoms with Gasteiger partial charge in [0, 0.05) is 16.0 Å². The summed E-state index contributed by atoms with van der Waals surface area (Å²) in [7, 11) is 1.91. The number of rotatable bonds is 4. The van der Waals surface area contributed by atoms with Crippen LogP contribution < -0.4 is 4.90 Å². The van der Waals surface area contributed by atoms with Crippen LogP contribution in [0.15, 0.2) is 46.9 Å². The number of hydrogen-bond acceptors (Lipinski definition) is 3. The zero-order chi connectivity index (χ0) is 16.6. The van der Waals surface area contributed by atoms with E-state index in [4.69, 9.17) is 11.6 Å². The summed E-state index contributed by atoms with van der Waals surface area (Å²) in [5.41, 5.74) is 2.18. The molecule has 0 aliphatic carbocycles. The lowest BCUT2D eigenvalue weighted by Gasteiger charge is -2.24. The van der Waals surface area contributed by atoms with Crippen LogP contribution in [0.2, 0.25) is 5.02 Å². The van der Waals surface area contributed by atoms with Gasteiger partial charge in [0.15, 0.2) is 0 Å². The quantitative estimate of drug-likeness (QED) is 0.743. The number of carbonyl (C=O) groups is 2. The molecule has 0 atom stereocenters. The maximum atomic E-state index is 12.3. The molecular formula is C17H14BrClN2O2. The van der Waals surface area contributed by atoms with Gasteiger partial charge in [0.25, 0.3) is 5.78 Å². The summed E-state index contributed by atoms with van der Waals surface area (Å²) >= 11 is 9.23. The molecule has 0 saturated heterocycles. The lowest BCUT2D eigenvalue weighted by Crippen LogP contribution is -2.38. The van der Waals surface area contributed by atoms with Crippen LogP contribution in [0.25, 0.3) is 0 Å². The summed E-state index contributed by atoms with van der Waals surface area (Å²) in [6.45, 7) is 0.995. The van der Waals surface area contributed by atoms with E-state index in [2.05, 4.69) is 15.9 Å². The molecule has 2 aromatic rings. The fourth-order valence-electron chi connectivity index (χ4n) is 2.63. The molecule has 1 amide bonds. The zero-order valence-corrected chi connectivity index (χ0v) is 14.8. The molecule has 1 aliphatic rings. The van der Waals surface area contributed by atoms with Crippen molar-refractivity contribution in [3.05, 3.63) is 63.1 Å². The van der Waals surface area contributed by atoms with Gasteiger partial charge in [-0.25, -0.2) is 0 Å². The number of anilines is 1. The summed E-state index contributed by atoms with van der Waals surface area (Å²) in [6, 6.07) is 12.9. The summed E-state index contributed by atoms with van der Waals surface area (Å²) in [4.78, 5) is 27.9. The van der Waals surface area contributed by atoms with Crippen LogP contribution in [-0.4, -0.2) is 30.3 Å². The minimum absolute atomic E-state index is 0.344. The number of amides is 1. The van der Waals surface area contributed by atoms with Crippen molar-refractivity contribution in [1.29, 1.82) is 0 Å². The SMILES string of the molecule is CN(Cc1ccc(Cl)cc1)CN1C(=O)C(=O)c2c(Br)cccc21. The Morgan fingerprint density at radius 1 is 1.13 bits per heavy atom. The van der Waals surface area contributed by atoms with E-state index >= 15 is 0 Å². The third-order valence-corrected chi connectivity index (χ3v) is 4.61. The minimum atomic E-state index is -0.491. The smallest absolute Gasteiger partial charge is 0.291 e. The highest BCUT2D eigenvalue weighted by atomic mass is 79.9. The van der Waals surface area contributed by atoms with E-state index in [1.54, 1.807) is 12.1 Å². The van der Waals surface area contributed by atoms with Gasteiger partial charge < -0.3 is 0 Å². The van der Waals surface area contributed by atoms with Gasteiger partial charge in [-0.3, -0.25) is 19.4 Å². The third-order valence-electron chi connectivity index (χ3n) is 3.70. The van der Waals surface area contributed by atoms with Crippen molar-refractivity contribution in [3.63, 3.8) is 0 Å². The molecule has 0 N–H and O–H groups in total. The fourth-order valence-corrected chi connectivity index (χ4v) is 3.30. The molecule has 1 aliphatic heterocycles. The van der Waals surface area contributed by atoms with E-state index in [1.807, 2.05) is 42.3 Å². The maximum Gasteiger partial charge on any atom is 0.300 e. The summed E-state index contributed by atoms with van der Waals surface area (Å²) < 4.78 is 0.649. The van der Waals surface area contributed by atoms with E-state index in [0.29, 0.717) is 34.0 Å². The third kappa shape index (κ3) is 3.17. The molecule has 4 nitrogen and oxygen atoms in total. The van der Waals surface area contributed by atoms with Crippen molar-refractivity contribution in [2.75, 3.05) is 18.6 Å². The Morgan fingerprint density at radius 3 is 2.52 bits per heavy atom. The Balaban J connectivity index is 1.78. The van der Waals surface area contributed by atoms with Crippen LogP contribution in [-0.2, 0) is 11.3 Å². The van der Waals surface area contributed by atoms with Gasteiger partial charge in [0.2, 0.25) is 0 Å². The molecule has 118 valence electrons. The second-order valence-corrected chi connectivity index (χ2v) is 6.77. The predicted molar refractivity (Wildman–Crippen MR) is 93.7 cm³/mol. The Labute approximate surface area is 147 Å². The highest BCUT2D eigenvalue weighted by molar-refractivity contribution is 9.10. The van der Waals surface area contributed by atoms with Crippen LogP contribution in [0.4, 0.5) is 5.69 Å². The summed E-state index contributed by atoms with van der Waals surface area (Å²) in [5.74, 6) is -0.956. The minimum Gasteiger partial charge on any atom is -0.291 e. The van der Waals surface area contributed by atoms with Crippen molar-refractivity contribution in [3.8, 4) is 0 Å². The van der Waals surface area contributed by atoms with Gasteiger partial charge in [-0.05, 0) is 52.8 Å². The van der Waals surface area contributed by atoms with Crippen LogP contribution in [0.3, 0.4) is 0 Å². The van der Waals surface area contributed by atoms with E-state index in [9.17, 15) is 9.59 Å². The van der Waals surface area contributed by atoms with Crippen molar-refractivity contribution in [1.82, 2.24) is 4.90 Å². The molecule has 0 unspecified atom stereocenters. The van der Waals surface area contributed by atoms with Crippen molar-refractivity contribution < 1.29 is 9.59 Å². The lowest BCUT2D eigenvalue weighted by molar-refractivity contribution is -0.114. The Kier molecular flexibility index (Phi) is 4.53.